The quantitative estimate of drug-likeness (QED) is 0.800. The smallest absolute Gasteiger partial charge is 0.318 e. The van der Waals surface area contributed by atoms with Gasteiger partial charge in [0.2, 0.25) is 5.91 Å². The van der Waals surface area contributed by atoms with E-state index in [1.165, 1.54) is 19.3 Å². The molecule has 1 heterocycles. The number of urea groups is 1. The summed E-state index contributed by atoms with van der Waals surface area (Å²) >= 11 is 0. The molecule has 1 N–H and O–H groups in total. The molecular formula is C21H32N4O2. The van der Waals surface area contributed by atoms with E-state index in [1.54, 1.807) is 4.90 Å². The van der Waals surface area contributed by atoms with E-state index in [9.17, 15) is 9.59 Å². The second-order valence-electron chi connectivity index (χ2n) is 8.51. The topological polar surface area (TPSA) is 57.6 Å². The van der Waals surface area contributed by atoms with Gasteiger partial charge in [0.15, 0.2) is 0 Å². The van der Waals surface area contributed by atoms with Crippen LogP contribution >= 0.6 is 0 Å². The van der Waals surface area contributed by atoms with E-state index in [-0.39, 0.29) is 30.6 Å². The molecule has 0 unspecified atom stereocenters. The predicted octanol–water partition coefficient (Wildman–Crippen LogP) is 3.02. The summed E-state index contributed by atoms with van der Waals surface area (Å²) in [5, 5.41) is 3.20. The first-order valence-corrected chi connectivity index (χ1v) is 10.6. The molecule has 0 saturated heterocycles. The highest BCUT2D eigenvalue weighted by molar-refractivity contribution is 5.85. The number of amides is 3. The zero-order valence-corrected chi connectivity index (χ0v) is 16.4. The van der Waals surface area contributed by atoms with Crippen molar-refractivity contribution < 1.29 is 9.59 Å². The highest BCUT2D eigenvalue weighted by Crippen LogP contribution is 2.31. The Morgan fingerprint density at radius 2 is 1.70 bits per heavy atom. The number of aromatic nitrogens is 1. The summed E-state index contributed by atoms with van der Waals surface area (Å²) in [6, 6.07) is 4.91. The molecule has 1 aromatic heterocycles. The van der Waals surface area contributed by atoms with Gasteiger partial charge in [-0.05, 0) is 50.7 Å². The fourth-order valence-corrected chi connectivity index (χ4v) is 4.14. The van der Waals surface area contributed by atoms with E-state index in [0.29, 0.717) is 12.6 Å². The van der Waals surface area contributed by atoms with Crippen LogP contribution in [0.15, 0.2) is 18.3 Å². The van der Waals surface area contributed by atoms with Crippen LogP contribution in [0.1, 0.15) is 63.5 Å². The zero-order valence-electron chi connectivity index (χ0n) is 16.4. The highest BCUT2D eigenvalue weighted by Gasteiger charge is 2.38. The fourth-order valence-electron chi connectivity index (χ4n) is 4.14. The van der Waals surface area contributed by atoms with Gasteiger partial charge in [-0.3, -0.25) is 4.79 Å². The maximum atomic E-state index is 13.1. The number of nitrogens with one attached hydrogen (secondary N) is 1. The Hall–Kier alpha value is -1.98. The average molecular weight is 373 g/mol. The van der Waals surface area contributed by atoms with Crippen LogP contribution in [-0.4, -0.2) is 51.0 Å². The number of hydrogen-bond acceptors (Lipinski definition) is 2. The third kappa shape index (κ3) is 4.66. The van der Waals surface area contributed by atoms with Crippen molar-refractivity contribution in [3.8, 4) is 0 Å². The Morgan fingerprint density at radius 1 is 1.04 bits per heavy atom. The Labute approximate surface area is 161 Å². The summed E-state index contributed by atoms with van der Waals surface area (Å²) in [6.45, 7) is 0.847. The van der Waals surface area contributed by atoms with Gasteiger partial charge in [0.1, 0.15) is 6.54 Å². The standard InChI is InChI=1S/C21H32N4O2/c1-23-13-5-8-19(23)14-24(17-9-10-17)20(26)15-25(18-11-12-18)21(27)22-16-6-3-2-4-7-16/h5,8,13,16-18H,2-4,6-7,9-12,14-15H2,1H3,(H,22,27). The van der Waals surface area contributed by atoms with Gasteiger partial charge >= 0.3 is 6.03 Å². The molecule has 0 radical (unpaired) electrons. The number of hydrogen-bond donors (Lipinski definition) is 1. The van der Waals surface area contributed by atoms with Crippen LogP contribution in [0.25, 0.3) is 0 Å². The molecule has 27 heavy (non-hydrogen) atoms. The first-order valence-electron chi connectivity index (χ1n) is 10.6. The van der Waals surface area contributed by atoms with Gasteiger partial charge in [0.05, 0.1) is 6.54 Å². The molecule has 6 nitrogen and oxygen atoms in total. The number of aryl methyl sites for hydroxylation is 1. The molecule has 0 aliphatic heterocycles. The molecular weight excluding hydrogens is 340 g/mol. The SMILES string of the molecule is Cn1cccc1CN(C(=O)CN(C(=O)NC1CCCCC1)C1CC1)C1CC1. The van der Waals surface area contributed by atoms with Gasteiger partial charge in [0.25, 0.3) is 0 Å². The summed E-state index contributed by atoms with van der Waals surface area (Å²) in [7, 11) is 2.01. The van der Waals surface area contributed by atoms with Crippen molar-refractivity contribution in [1.82, 2.24) is 19.7 Å². The predicted molar refractivity (Wildman–Crippen MR) is 104 cm³/mol. The minimum Gasteiger partial charge on any atom is -0.353 e. The average Bonchev–Trinajstić information content (AvgIpc) is 3.58. The van der Waals surface area contributed by atoms with Crippen molar-refractivity contribution in [2.45, 2.75) is 82.5 Å². The molecule has 0 bridgehead atoms. The molecule has 6 heteroatoms. The third-order valence-corrected chi connectivity index (χ3v) is 6.18. The Kier molecular flexibility index (Phi) is 5.41. The van der Waals surface area contributed by atoms with Crippen LogP contribution in [0.4, 0.5) is 4.79 Å². The van der Waals surface area contributed by atoms with Crippen LogP contribution in [0.5, 0.6) is 0 Å². The molecule has 4 rings (SSSR count). The summed E-state index contributed by atoms with van der Waals surface area (Å²) in [4.78, 5) is 29.7. The maximum absolute atomic E-state index is 13.1. The minimum atomic E-state index is -0.0348. The maximum Gasteiger partial charge on any atom is 0.318 e. The van der Waals surface area contributed by atoms with E-state index in [1.807, 2.05) is 24.2 Å². The number of rotatable bonds is 7. The second kappa shape index (κ2) is 7.95. The van der Waals surface area contributed by atoms with Crippen molar-refractivity contribution >= 4 is 11.9 Å². The first-order chi connectivity index (χ1) is 13.1. The molecule has 148 valence electrons. The first kappa shape index (κ1) is 18.4. The molecule has 1 aromatic rings. The lowest BCUT2D eigenvalue weighted by Crippen LogP contribution is -2.50. The van der Waals surface area contributed by atoms with Crippen LogP contribution in [0.3, 0.4) is 0 Å². The second-order valence-corrected chi connectivity index (χ2v) is 8.51. The largest absolute Gasteiger partial charge is 0.353 e. The van der Waals surface area contributed by atoms with Crippen LogP contribution < -0.4 is 5.32 Å². The Balaban J connectivity index is 1.38. The van der Waals surface area contributed by atoms with Gasteiger partial charge < -0.3 is 19.7 Å². The van der Waals surface area contributed by atoms with E-state index < -0.39 is 0 Å². The van der Waals surface area contributed by atoms with Crippen molar-refractivity contribution in [3.05, 3.63) is 24.0 Å². The number of carbonyl (C=O) groups is 2. The van der Waals surface area contributed by atoms with Crippen molar-refractivity contribution in [2.24, 2.45) is 7.05 Å². The fraction of sp³-hybridized carbons (Fsp3) is 0.714. The van der Waals surface area contributed by atoms with Crippen LogP contribution in [-0.2, 0) is 18.4 Å². The Morgan fingerprint density at radius 3 is 2.30 bits per heavy atom. The van der Waals surface area contributed by atoms with Gasteiger partial charge in [-0.2, -0.15) is 0 Å². The highest BCUT2D eigenvalue weighted by atomic mass is 16.2. The molecule has 3 amide bonds. The van der Waals surface area contributed by atoms with Crippen molar-refractivity contribution in [1.29, 1.82) is 0 Å². The molecule has 3 fully saturated rings. The van der Waals surface area contributed by atoms with Crippen molar-refractivity contribution in [2.75, 3.05) is 6.54 Å². The monoisotopic (exact) mass is 372 g/mol. The Bertz CT molecular complexity index is 671. The molecule has 3 saturated carbocycles. The molecule has 3 aliphatic carbocycles. The minimum absolute atomic E-state index is 0.0348. The summed E-state index contributed by atoms with van der Waals surface area (Å²) in [5.41, 5.74) is 1.14. The summed E-state index contributed by atoms with van der Waals surface area (Å²) < 4.78 is 2.07. The lowest BCUT2D eigenvalue weighted by molar-refractivity contribution is -0.133. The van der Waals surface area contributed by atoms with E-state index >= 15 is 0 Å². The lowest BCUT2D eigenvalue weighted by Gasteiger charge is -2.30. The summed E-state index contributed by atoms with van der Waals surface area (Å²) in [5.74, 6) is 0.0874. The van der Waals surface area contributed by atoms with Gasteiger partial charge in [-0.15, -0.1) is 0 Å². The lowest BCUT2D eigenvalue weighted by atomic mass is 9.96. The van der Waals surface area contributed by atoms with E-state index in [2.05, 4.69) is 16.0 Å². The van der Waals surface area contributed by atoms with E-state index in [0.717, 1.165) is 44.2 Å². The molecule has 3 aliphatic rings. The molecule has 0 atom stereocenters. The van der Waals surface area contributed by atoms with Crippen molar-refractivity contribution in [3.63, 3.8) is 0 Å². The third-order valence-electron chi connectivity index (χ3n) is 6.18. The van der Waals surface area contributed by atoms with Crippen LogP contribution in [0.2, 0.25) is 0 Å². The van der Waals surface area contributed by atoms with Gasteiger partial charge in [0, 0.05) is 37.1 Å². The normalized spacial score (nSPS) is 20.3. The van der Waals surface area contributed by atoms with Gasteiger partial charge in [-0.1, -0.05) is 19.3 Å². The number of nitrogens with zero attached hydrogens (tertiary/aromatic N) is 3. The zero-order chi connectivity index (χ0) is 18.8. The van der Waals surface area contributed by atoms with Gasteiger partial charge in [-0.25, -0.2) is 4.79 Å². The molecule has 0 spiro atoms. The van der Waals surface area contributed by atoms with E-state index in [4.69, 9.17) is 0 Å². The van der Waals surface area contributed by atoms with Crippen LogP contribution in [0, 0.1) is 0 Å². The number of carbonyl (C=O) groups excluding carboxylic acids is 2. The summed E-state index contributed by atoms with van der Waals surface area (Å²) in [6.07, 6.45) is 12.0. The molecule has 0 aromatic carbocycles.